The lowest BCUT2D eigenvalue weighted by Crippen LogP contribution is -2.43. The summed E-state index contributed by atoms with van der Waals surface area (Å²) >= 11 is 9.32. The molecule has 3 rings (SSSR count). The van der Waals surface area contributed by atoms with Gasteiger partial charge in [-0.1, -0.05) is 16.8 Å². The standard InChI is InChI=1S/C13H13BrClN3O2/c14-9-6-8(2-3-10(9)15)11-17-12(20-18-11)13(19)4-1-5-16-7-13/h2-3,6,16,19H,1,4-5,7H2. The highest BCUT2D eigenvalue weighted by Crippen LogP contribution is 2.31. The number of aliphatic hydroxyl groups is 1. The van der Waals surface area contributed by atoms with Crippen LogP contribution in [0.15, 0.2) is 27.2 Å². The van der Waals surface area contributed by atoms with Crippen LogP contribution in [0.3, 0.4) is 0 Å². The Kier molecular flexibility index (Phi) is 3.81. The minimum absolute atomic E-state index is 0.255. The zero-order chi connectivity index (χ0) is 14.2. The maximum atomic E-state index is 10.5. The molecule has 20 heavy (non-hydrogen) atoms. The number of rotatable bonds is 2. The van der Waals surface area contributed by atoms with Crippen molar-refractivity contribution in [3.05, 3.63) is 33.6 Å². The molecule has 0 radical (unpaired) electrons. The Morgan fingerprint density at radius 2 is 2.30 bits per heavy atom. The molecule has 1 saturated heterocycles. The van der Waals surface area contributed by atoms with Gasteiger partial charge in [-0.2, -0.15) is 4.98 Å². The molecule has 0 spiro atoms. The molecule has 2 N–H and O–H groups in total. The predicted octanol–water partition coefficient (Wildman–Crippen LogP) is 2.72. The lowest BCUT2D eigenvalue weighted by molar-refractivity contribution is -0.0167. The largest absolute Gasteiger partial charge is 0.379 e. The topological polar surface area (TPSA) is 71.2 Å². The molecule has 1 aliphatic heterocycles. The average molecular weight is 359 g/mol. The van der Waals surface area contributed by atoms with Crippen LogP contribution in [0.2, 0.25) is 5.02 Å². The average Bonchev–Trinajstić information content (AvgIpc) is 2.93. The molecule has 5 nitrogen and oxygen atoms in total. The van der Waals surface area contributed by atoms with Crippen LogP contribution in [0.4, 0.5) is 0 Å². The van der Waals surface area contributed by atoms with Gasteiger partial charge in [0.05, 0.1) is 5.02 Å². The summed E-state index contributed by atoms with van der Waals surface area (Å²) in [6, 6.07) is 5.39. The van der Waals surface area contributed by atoms with E-state index in [1.54, 1.807) is 6.07 Å². The van der Waals surface area contributed by atoms with Crippen molar-refractivity contribution in [1.29, 1.82) is 0 Å². The first-order chi connectivity index (χ1) is 9.58. The third-order valence-electron chi connectivity index (χ3n) is 3.36. The molecule has 106 valence electrons. The summed E-state index contributed by atoms with van der Waals surface area (Å²) in [6.07, 6.45) is 1.49. The van der Waals surface area contributed by atoms with E-state index in [4.69, 9.17) is 16.1 Å². The predicted molar refractivity (Wildman–Crippen MR) is 78.4 cm³/mol. The fourth-order valence-electron chi connectivity index (χ4n) is 2.24. The van der Waals surface area contributed by atoms with Crippen molar-refractivity contribution in [2.45, 2.75) is 18.4 Å². The molecular weight excluding hydrogens is 346 g/mol. The number of halogens is 2. The second kappa shape index (κ2) is 5.44. The van der Waals surface area contributed by atoms with E-state index in [9.17, 15) is 5.11 Å². The van der Waals surface area contributed by atoms with Crippen LogP contribution in [0.25, 0.3) is 11.4 Å². The highest BCUT2D eigenvalue weighted by atomic mass is 79.9. The van der Waals surface area contributed by atoms with E-state index in [1.807, 2.05) is 12.1 Å². The summed E-state index contributed by atoms with van der Waals surface area (Å²) in [7, 11) is 0. The van der Waals surface area contributed by atoms with Gasteiger partial charge in [-0.05, 0) is 53.5 Å². The van der Waals surface area contributed by atoms with E-state index in [2.05, 4.69) is 31.4 Å². The molecule has 1 unspecified atom stereocenters. The number of piperidine rings is 1. The molecule has 0 amide bonds. The van der Waals surface area contributed by atoms with Crippen LogP contribution in [0.1, 0.15) is 18.7 Å². The Bertz CT molecular complexity index is 626. The maximum Gasteiger partial charge on any atom is 0.260 e. The SMILES string of the molecule is OC1(c2nc(-c3ccc(Cl)c(Br)c3)no2)CCCNC1. The van der Waals surface area contributed by atoms with Gasteiger partial charge < -0.3 is 14.9 Å². The summed E-state index contributed by atoms with van der Waals surface area (Å²) < 4.78 is 6.00. The normalized spacial score (nSPS) is 22.9. The zero-order valence-corrected chi connectivity index (χ0v) is 12.9. The molecule has 0 aliphatic carbocycles. The number of benzene rings is 1. The monoisotopic (exact) mass is 357 g/mol. The third kappa shape index (κ3) is 2.61. The molecule has 2 aromatic rings. The summed E-state index contributed by atoms with van der Waals surface area (Å²) in [4.78, 5) is 4.32. The summed E-state index contributed by atoms with van der Waals surface area (Å²) in [5.41, 5.74) is -0.295. The van der Waals surface area contributed by atoms with E-state index in [-0.39, 0.29) is 5.89 Å². The Balaban J connectivity index is 1.91. The summed E-state index contributed by atoms with van der Waals surface area (Å²) in [5, 5.41) is 18.2. The smallest absolute Gasteiger partial charge is 0.260 e. The van der Waals surface area contributed by atoms with Crippen molar-refractivity contribution in [3.63, 3.8) is 0 Å². The molecule has 1 aliphatic rings. The molecule has 1 aromatic carbocycles. The molecular formula is C13H13BrClN3O2. The van der Waals surface area contributed by atoms with Gasteiger partial charge in [0.1, 0.15) is 0 Å². The van der Waals surface area contributed by atoms with Crippen molar-refractivity contribution in [3.8, 4) is 11.4 Å². The summed E-state index contributed by atoms with van der Waals surface area (Å²) in [5.74, 6) is 0.696. The van der Waals surface area contributed by atoms with Crippen LogP contribution in [0, 0.1) is 0 Å². The van der Waals surface area contributed by atoms with Crippen LogP contribution < -0.4 is 5.32 Å². The minimum Gasteiger partial charge on any atom is -0.379 e. The Labute approximate surface area is 129 Å². The second-order valence-corrected chi connectivity index (χ2v) is 6.13. The lowest BCUT2D eigenvalue weighted by Gasteiger charge is -2.28. The zero-order valence-electron chi connectivity index (χ0n) is 10.6. The first-order valence-corrected chi connectivity index (χ1v) is 7.48. The van der Waals surface area contributed by atoms with Crippen molar-refractivity contribution in [2.24, 2.45) is 0 Å². The molecule has 2 heterocycles. The number of nitrogens with one attached hydrogen (secondary N) is 1. The van der Waals surface area contributed by atoms with Crippen LogP contribution in [-0.4, -0.2) is 28.3 Å². The van der Waals surface area contributed by atoms with Gasteiger partial charge in [0, 0.05) is 16.6 Å². The molecule has 0 bridgehead atoms. The van der Waals surface area contributed by atoms with E-state index < -0.39 is 5.60 Å². The fraction of sp³-hybridized carbons (Fsp3) is 0.385. The Morgan fingerprint density at radius 3 is 3.00 bits per heavy atom. The van der Waals surface area contributed by atoms with Crippen LogP contribution in [0.5, 0.6) is 0 Å². The van der Waals surface area contributed by atoms with Gasteiger partial charge >= 0.3 is 0 Å². The molecule has 0 saturated carbocycles. The van der Waals surface area contributed by atoms with Gasteiger partial charge in [0.2, 0.25) is 5.82 Å². The van der Waals surface area contributed by atoms with Crippen molar-refractivity contribution < 1.29 is 9.63 Å². The quantitative estimate of drug-likeness (QED) is 0.864. The van der Waals surface area contributed by atoms with Gasteiger partial charge in [-0.3, -0.25) is 0 Å². The van der Waals surface area contributed by atoms with Gasteiger partial charge in [-0.25, -0.2) is 0 Å². The summed E-state index contributed by atoms with van der Waals surface area (Å²) in [6.45, 7) is 1.33. The van der Waals surface area contributed by atoms with Crippen LogP contribution in [-0.2, 0) is 5.60 Å². The molecule has 1 fully saturated rings. The fourth-order valence-corrected chi connectivity index (χ4v) is 2.73. The number of aromatic nitrogens is 2. The number of β-amino-alcohol motifs (C(OH)–C–C–N with tert-alkyl or cyclic N) is 1. The highest BCUT2D eigenvalue weighted by molar-refractivity contribution is 9.10. The van der Waals surface area contributed by atoms with Crippen molar-refractivity contribution in [2.75, 3.05) is 13.1 Å². The van der Waals surface area contributed by atoms with Gasteiger partial charge in [0.15, 0.2) is 5.60 Å². The van der Waals surface area contributed by atoms with Crippen molar-refractivity contribution >= 4 is 27.5 Å². The highest BCUT2D eigenvalue weighted by Gasteiger charge is 2.37. The molecule has 7 heteroatoms. The molecule has 1 aromatic heterocycles. The van der Waals surface area contributed by atoms with E-state index in [0.717, 1.165) is 23.0 Å². The lowest BCUT2D eigenvalue weighted by atomic mass is 9.94. The van der Waals surface area contributed by atoms with E-state index in [1.165, 1.54) is 0 Å². The number of nitrogens with zero attached hydrogens (tertiary/aromatic N) is 2. The Hall–Kier alpha value is -0.950. The van der Waals surface area contributed by atoms with Gasteiger partial charge in [0.25, 0.3) is 5.89 Å². The van der Waals surface area contributed by atoms with Gasteiger partial charge in [-0.15, -0.1) is 0 Å². The first kappa shape index (κ1) is 14.0. The van der Waals surface area contributed by atoms with Crippen molar-refractivity contribution in [1.82, 2.24) is 15.5 Å². The Morgan fingerprint density at radius 1 is 1.45 bits per heavy atom. The minimum atomic E-state index is -1.08. The number of hydrogen-bond acceptors (Lipinski definition) is 5. The van der Waals surface area contributed by atoms with E-state index >= 15 is 0 Å². The third-order valence-corrected chi connectivity index (χ3v) is 4.58. The number of hydrogen-bond donors (Lipinski definition) is 2. The van der Waals surface area contributed by atoms with E-state index in [0.29, 0.717) is 23.8 Å². The van der Waals surface area contributed by atoms with Crippen LogP contribution >= 0.6 is 27.5 Å². The molecule has 1 atom stereocenters. The second-order valence-electron chi connectivity index (χ2n) is 4.86. The first-order valence-electron chi connectivity index (χ1n) is 6.31. The maximum absolute atomic E-state index is 10.5.